The Hall–Kier alpha value is -2.38. The molecule has 0 bridgehead atoms. The molecule has 1 saturated heterocycles. The van der Waals surface area contributed by atoms with Gasteiger partial charge in [-0.3, -0.25) is 9.59 Å². The summed E-state index contributed by atoms with van der Waals surface area (Å²) in [5.74, 6) is 0.393. The number of rotatable bonds is 8. The van der Waals surface area contributed by atoms with Crippen LogP contribution in [0.15, 0.2) is 46.9 Å². The van der Waals surface area contributed by atoms with Gasteiger partial charge in [-0.2, -0.15) is 0 Å². The van der Waals surface area contributed by atoms with Gasteiger partial charge in [0.05, 0.1) is 10.6 Å². The van der Waals surface area contributed by atoms with Crippen LogP contribution in [-0.2, 0) is 9.53 Å². The average molecular weight is 461 g/mol. The molecule has 0 radical (unpaired) electrons. The number of amides is 2. The summed E-state index contributed by atoms with van der Waals surface area (Å²) < 4.78 is 12.1. The summed E-state index contributed by atoms with van der Waals surface area (Å²) in [4.78, 5) is 24.4. The Balaban J connectivity index is 1.60. The third kappa shape index (κ3) is 6.30. The van der Waals surface area contributed by atoms with E-state index in [-0.39, 0.29) is 17.9 Å². The van der Waals surface area contributed by atoms with Crippen molar-refractivity contribution in [2.45, 2.75) is 38.7 Å². The standard InChI is InChI=1S/C22H25BrN2O4/c1-2-5-21(26)24-16-6-3-7-17(13-16)25-22(27)15-9-10-20(19(23)12-15)29-14-18-8-4-11-28-18/h3,6-7,9-10,12-13,18H,2,4-5,8,11,14H2,1H3,(H,24,26)(H,25,27). The van der Waals surface area contributed by atoms with E-state index in [1.165, 1.54) is 0 Å². The summed E-state index contributed by atoms with van der Waals surface area (Å²) in [6.07, 6.45) is 3.46. The Morgan fingerprint density at radius 2 is 1.97 bits per heavy atom. The minimum Gasteiger partial charge on any atom is -0.490 e. The average Bonchev–Trinajstić information content (AvgIpc) is 3.21. The van der Waals surface area contributed by atoms with Crippen LogP contribution in [0.3, 0.4) is 0 Å². The van der Waals surface area contributed by atoms with Crippen molar-refractivity contribution in [3.05, 3.63) is 52.5 Å². The molecule has 3 rings (SSSR count). The fourth-order valence-electron chi connectivity index (χ4n) is 3.05. The lowest BCUT2D eigenvalue weighted by molar-refractivity contribution is -0.116. The molecule has 7 heteroatoms. The van der Waals surface area contributed by atoms with Crippen molar-refractivity contribution >= 4 is 39.1 Å². The zero-order chi connectivity index (χ0) is 20.6. The molecular formula is C22H25BrN2O4. The Morgan fingerprint density at radius 3 is 2.66 bits per heavy atom. The molecule has 0 aliphatic carbocycles. The minimum atomic E-state index is -0.242. The molecule has 0 aromatic heterocycles. The summed E-state index contributed by atoms with van der Waals surface area (Å²) in [7, 11) is 0. The summed E-state index contributed by atoms with van der Waals surface area (Å²) in [6.45, 7) is 3.24. The predicted octanol–water partition coefficient (Wildman–Crippen LogP) is 5.00. The number of halogens is 1. The lowest BCUT2D eigenvalue weighted by Gasteiger charge is -2.13. The van der Waals surface area contributed by atoms with Gasteiger partial charge in [0.25, 0.3) is 5.91 Å². The first-order chi connectivity index (χ1) is 14.0. The van der Waals surface area contributed by atoms with E-state index in [0.29, 0.717) is 40.2 Å². The van der Waals surface area contributed by atoms with Crippen molar-refractivity contribution in [2.75, 3.05) is 23.8 Å². The predicted molar refractivity (Wildman–Crippen MR) is 117 cm³/mol. The summed E-state index contributed by atoms with van der Waals surface area (Å²) in [6, 6.07) is 12.3. The largest absolute Gasteiger partial charge is 0.490 e. The van der Waals surface area contributed by atoms with Crippen LogP contribution in [0.4, 0.5) is 11.4 Å². The monoisotopic (exact) mass is 460 g/mol. The van der Waals surface area contributed by atoms with Crippen molar-refractivity contribution in [1.82, 2.24) is 0 Å². The maximum absolute atomic E-state index is 12.6. The molecule has 1 fully saturated rings. The van der Waals surface area contributed by atoms with E-state index in [1.807, 2.05) is 6.92 Å². The number of carbonyl (C=O) groups excluding carboxylic acids is 2. The zero-order valence-corrected chi connectivity index (χ0v) is 18.0. The van der Waals surface area contributed by atoms with E-state index in [4.69, 9.17) is 9.47 Å². The van der Waals surface area contributed by atoms with Crippen LogP contribution in [0.25, 0.3) is 0 Å². The van der Waals surface area contributed by atoms with Gasteiger partial charge >= 0.3 is 0 Å². The first kappa shape index (κ1) is 21.3. The number of benzene rings is 2. The summed E-state index contributed by atoms with van der Waals surface area (Å²) in [5.41, 5.74) is 1.77. The Kier molecular flexibility index (Phi) is 7.66. The SMILES string of the molecule is CCCC(=O)Nc1cccc(NC(=O)c2ccc(OCC3CCCO3)c(Br)c2)c1. The molecule has 2 N–H and O–H groups in total. The molecule has 29 heavy (non-hydrogen) atoms. The first-order valence-electron chi connectivity index (χ1n) is 9.80. The van der Waals surface area contributed by atoms with Crippen LogP contribution in [0.1, 0.15) is 43.0 Å². The van der Waals surface area contributed by atoms with Gasteiger partial charge in [-0.15, -0.1) is 0 Å². The van der Waals surface area contributed by atoms with Crippen LogP contribution >= 0.6 is 15.9 Å². The highest BCUT2D eigenvalue weighted by Crippen LogP contribution is 2.27. The van der Waals surface area contributed by atoms with Crippen molar-refractivity contribution < 1.29 is 19.1 Å². The molecule has 6 nitrogen and oxygen atoms in total. The fourth-order valence-corrected chi connectivity index (χ4v) is 3.54. The zero-order valence-electron chi connectivity index (χ0n) is 16.4. The van der Waals surface area contributed by atoms with Crippen LogP contribution < -0.4 is 15.4 Å². The van der Waals surface area contributed by atoms with E-state index in [0.717, 1.165) is 25.9 Å². The van der Waals surface area contributed by atoms with Gasteiger partial charge in [-0.05, 0) is 71.6 Å². The lowest BCUT2D eigenvalue weighted by Crippen LogP contribution is -2.17. The fraction of sp³-hybridized carbons (Fsp3) is 0.364. The topological polar surface area (TPSA) is 76.7 Å². The lowest BCUT2D eigenvalue weighted by atomic mass is 10.2. The molecule has 2 amide bonds. The van der Waals surface area contributed by atoms with E-state index in [1.54, 1.807) is 42.5 Å². The normalized spacial score (nSPS) is 15.7. The molecule has 2 aromatic rings. The van der Waals surface area contributed by atoms with Crippen LogP contribution in [0, 0.1) is 0 Å². The molecule has 1 atom stereocenters. The minimum absolute atomic E-state index is 0.0431. The van der Waals surface area contributed by atoms with Gasteiger partial charge in [0.2, 0.25) is 5.91 Å². The van der Waals surface area contributed by atoms with Crippen LogP contribution in [-0.4, -0.2) is 31.1 Å². The second kappa shape index (κ2) is 10.4. The highest BCUT2D eigenvalue weighted by atomic mass is 79.9. The van der Waals surface area contributed by atoms with Gasteiger partial charge in [0, 0.05) is 30.0 Å². The molecule has 1 aliphatic rings. The van der Waals surface area contributed by atoms with E-state index in [2.05, 4.69) is 26.6 Å². The van der Waals surface area contributed by atoms with Crippen molar-refractivity contribution in [3.63, 3.8) is 0 Å². The second-order valence-electron chi connectivity index (χ2n) is 6.92. The Morgan fingerprint density at radius 1 is 1.17 bits per heavy atom. The van der Waals surface area contributed by atoms with Gasteiger partial charge < -0.3 is 20.1 Å². The highest BCUT2D eigenvalue weighted by Gasteiger charge is 2.17. The van der Waals surface area contributed by atoms with E-state index < -0.39 is 0 Å². The molecule has 0 saturated carbocycles. The maximum Gasteiger partial charge on any atom is 0.255 e. The quantitative estimate of drug-likeness (QED) is 0.580. The number of hydrogen-bond donors (Lipinski definition) is 2. The maximum atomic E-state index is 12.6. The Labute approximate surface area is 179 Å². The van der Waals surface area contributed by atoms with Gasteiger partial charge in [-0.1, -0.05) is 13.0 Å². The number of anilines is 2. The van der Waals surface area contributed by atoms with Gasteiger partial charge in [0.15, 0.2) is 0 Å². The van der Waals surface area contributed by atoms with Gasteiger partial charge in [0.1, 0.15) is 12.4 Å². The number of ether oxygens (including phenoxy) is 2. The van der Waals surface area contributed by atoms with Crippen molar-refractivity contribution in [2.24, 2.45) is 0 Å². The molecule has 1 heterocycles. The van der Waals surface area contributed by atoms with Crippen molar-refractivity contribution in [3.8, 4) is 5.75 Å². The second-order valence-corrected chi connectivity index (χ2v) is 7.78. The molecule has 0 spiro atoms. The highest BCUT2D eigenvalue weighted by molar-refractivity contribution is 9.10. The van der Waals surface area contributed by atoms with E-state index in [9.17, 15) is 9.59 Å². The number of carbonyl (C=O) groups is 2. The third-order valence-electron chi connectivity index (χ3n) is 4.52. The Bertz CT molecular complexity index is 866. The molecule has 154 valence electrons. The van der Waals surface area contributed by atoms with Crippen LogP contribution in [0.2, 0.25) is 0 Å². The van der Waals surface area contributed by atoms with Gasteiger partial charge in [-0.25, -0.2) is 0 Å². The first-order valence-corrected chi connectivity index (χ1v) is 10.6. The number of nitrogens with one attached hydrogen (secondary N) is 2. The molecular weight excluding hydrogens is 436 g/mol. The summed E-state index contributed by atoms with van der Waals surface area (Å²) in [5, 5.41) is 5.68. The molecule has 1 aliphatic heterocycles. The summed E-state index contributed by atoms with van der Waals surface area (Å²) >= 11 is 3.47. The smallest absolute Gasteiger partial charge is 0.255 e. The molecule has 1 unspecified atom stereocenters. The third-order valence-corrected chi connectivity index (χ3v) is 5.14. The van der Waals surface area contributed by atoms with E-state index >= 15 is 0 Å². The van der Waals surface area contributed by atoms with Crippen LogP contribution in [0.5, 0.6) is 5.75 Å². The van der Waals surface area contributed by atoms with Crippen molar-refractivity contribution in [1.29, 1.82) is 0 Å². The molecule has 2 aromatic carbocycles. The number of hydrogen-bond acceptors (Lipinski definition) is 4.